The van der Waals surface area contributed by atoms with Gasteiger partial charge in [0.1, 0.15) is 6.54 Å². The van der Waals surface area contributed by atoms with Gasteiger partial charge in [-0.3, -0.25) is 4.98 Å². The molecule has 10 heteroatoms. The fourth-order valence-corrected chi connectivity index (χ4v) is 2.33. The van der Waals surface area contributed by atoms with Gasteiger partial charge in [0.15, 0.2) is 5.82 Å². The number of urea groups is 1. The number of nitrogens with one attached hydrogen (secondary N) is 1. The summed E-state index contributed by atoms with van der Waals surface area (Å²) in [6.07, 6.45) is 5.48. The van der Waals surface area contributed by atoms with Gasteiger partial charge < -0.3 is 19.3 Å². The zero-order valence-corrected chi connectivity index (χ0v) is 14.1. The topological polar surface area (TPSA) is 123 Å². The van der Waals surface area contributed by atoms with Gasteiger partial charge in [-0.1, -0.05) is 10.3 Å². The van der Waals surface area contributed by atoms with E-state index < -0.39 is 0 Å². The van der Waals surface area contributed by atoms with Crippen LogP contribution in [0, 0.1) is 0 Å². The van der Waals surface area contributed by atoms with Gasteiger partial charge in [-0.25, -0.2) is 4.79 Å². The van der Waals surface area contributed by atoms with Crippen LogP contribution in [-0.2, 0) is 13.1 Å². The first kappa shape index (κ1) is 16.2. The van der Waals surface area contributed by atoms with Crippen LogP contribution in [0.25, 0.3) is 11.4 Å². The van der Waals surface area contributed by atoms with Gasteiger partial charge in [0.2, 0.25) is 17.6 Å². The van der Waals surface area contributed by atoms with Gasteiger partial charge in [-0.05, 0) is 25.0 Å². The molecule has 0 spiro atoms. The summed E-state index contributed by atoms with van der Waals surface area (Å²) >= 11 is 0. The van der Waals surface area contributed by atoms with Crippen molar-refractivity contribution >= 4 is 6.03 Å². The molecule has 3 aromatic heterocycles. The van der Waals surface area contributed by atoms with Crippen molar-refractivity contribution in [2.45, 2.75) is 31.8 Å². The normalized spacial score (nSPS) is 13.6. The van der Waals surface area contributed by atoms with Gasteiger partial charge >= 0.3 is 6.03 Å². The summed E-state index contributed by atoms with van der Waals surface area (Å²) in [5.74, 6) is 2.27. The zero-order chi connectivity index (χ0) is 17.9. The molecule has 0 bridgehead atoms. The van der Waals surface area contributed by atoms with Crippen LogP contribution in [0.15, 0.2) is 33.6 Å². The molecule has 0 saturated heterocycles. The average molecular weight is 355 g/mol. The standard InChI is InChI=1S/C16H17N7O3/c1-23(9-13-20-14(22-25-13)11-3-2-6-17-7-11)16(24)18-8-12-19-15(26-21-12)10-4-5-10/h2-3,6-7,10H,4-5,8-9H2,1H3,(H,18,24). The Kier molecular flexibility index (Phi) is 4.30. The molecule has 2 amide bonds. The number of rotatable bonds is 6. The maximum absolute atomic E-state index is 12.2. The number of aromatic nitrogens is 5. The third kappa shape index (κ3) is 3.68. The fraction of sp³-hybridized carbons (Fsp3) is 0.375. The van der Waals surface area contributed by atoms with E-state index >= 15 is 0 Å². The van der Waals surface area contributed by atoms with Crippen LogP contribution in [0.3, 0.4) is 0 Å². The van der Waals surface area contributed by atoms with E-state index in [1.54, 1.807) is 25.5 Å². The fourth-order valence-electron chi connectivity index (χ4n) is 2.33. The molecule has 0 radical (unpaired) electrons. The highest BCUT2D eigenvalue weighted by Crippen LogP contribution is 2.38. The van der Waals surface area contributed by atoms with Crippen molar-refractivity contribution in [3.8, 4) is 11.4 Å². The van der Waals surface area contributed by atoms with Crippen molar-refractivity contribution in [3.63, 3.8) is 0 Å². The number of amides is 2. The van der Waals surface area contributed by atoms with E-state index in [1.807, 2.05) is 6.07 Å². The lowest BCUT2D eigenvalue weighted by molar-refractivity contribution is 0.198. The molecule has 1 fully saturated rings. The molecule has 3 heterocycles. The quantitative estimate of drug-likeness (QED) is 0.709. The molecular weight excluding hydrogens is 338 g/mol. The van der Waals surface area contributed by atoms with Crippen molar-refractivity contribution in [2.75, 3.05) is 7.05 Å². The van der Waals surface area contributed by atoms with E-state index in [1.165, 1.54) is 4.90 Å². The number of hydrogen-bond acceptors (Lipinski definition) is 8. The highest BCUT2D eigenvalue weighted by Gasteiger charge is 2.29. The van der Waals surface area contributed by atoms with Gasteiger partial charge in [-0.2, -0.15) is 9.97 Å². The lowest BCUT2D eigenvalue weighted by Crippen LogP contribution is -2.36. The molecule has 10 nitrogen and oxygen atoms in total. The second-order valence-electron chi connectivity index (χ2n) is 6.09. The number of carbonyl (C=O) groups is 1. The summed E-state index contributed by atoms with van der Waals surface area (Å²) in [6, 6.07) is 3.32. The van der Waals surface area contributed by atoms with Crippen molar-refractivity contribution in [1.82, 2.24) is 35.5 Å². The van der Waals surface area contributed by atoms with Crippen LogP contribution >= 0.6 is 0 Å². The van der Waals surface area contributed by atoms with Crippen LogP contribution in [0.5, 0.6) is 0 Å². The van der Waals surface area contributed by atoms with E-state index in [4.69, 9.17) is 9.05 Å². The number of pyridine rings is 1. The molecule has 1 aliphatic carbocycles. The van der Waals surface area contributed by atoms with Gasteiger partial charge in [0.25, 0.3) is 0 Å². The van der Waals surface area contributed by atoms with Crippen molar-refractivity contribution < 1.29 is 13.8 Å². The Morgan fingerprint density at radius 3 is 2.96 bits per heavy atom. The Balaban J connectivity index is 1.30. The van der Waals surface area contributed by atoms with E-state index in [0.29, 0.717) is 29.3 Å². The van der Waals surface area contributed by atoms with Crippen molar-refractivity contribution in [2.24, 2.45) is 0 Å². The summed E-state index contributed by atoms with van der Waals surface area (Å²) in [4.78, 5) is 26.2. The molecule has 3 aromatic rings. The average Bonchev–Trinajstić information content (AvgIpc) is 3.23. The summed E-state index contributed by atoms with van der Waals surface area (Å²) in [5.41, 5.74) is 0.748. The van der Waals surface area contributed by atoms with E-state index in [9.17, 15) is 4.79 Å². The van der Waals surface area contributed by atoms with Gasteiger partial charge in [-0.15, -0.1) is 0 Å². The van der Waals surface area contributed by atoms with Crippen LogP contribution < -0.4 is 5.32 Å². The first-order chi connectivity index (χ1) is 12.7. The Hall–Kier alpha value is -3.30. The second-order valence-corrected chi connectivity index (χ2v) is 6.09. The molecule has 1 aliphatic rings. The largest absolute Gasteiger partial charge is 0.339 e. The molecule has 4 rings (SSSR count). The zero-order valence-electron chi connectivity index (χ0n) is 14.1. The van der Waals surface area contributed by atoms with E-state index in [-0.39, 0.29) is 19.1 Å². The molecule has 1 N–H and O–H groups in total. The maximum Gasteiger partial charge on any atom is 0.317 e. The maximum atomic E-state index is 12.2. The molecule has 0 atom stereocenters. The molecular formula is C16H17N7O3. The van der Waals surface area contributed by atoms with Gasteiger partial charge in [0.05, 0.1) is 6.54 Å². The summed E-state index contributed by atoms with van der Waals surface area (Å²) < 4.78 is 10.3. The summed E-state index contributed by atoms with van der Waals surface area (Å²) in [6.45, 7) is 0.378. The minimum Gasteiger partial charge on any atom is -0.339 e. The van der Waals surface area contributed by atoms with E-state index in [2.05, 4.69) is 30.6 Å². The Morgan fingerprint density at radius 2 is 2.19 bits per heavy atom. The monoisotopic (exact) mass is 355 g/mol. The number of hydrogen-bond donors (Lipinski definition) is 1. The van der Waals surface area contributed by atoms with Crippen LogP contribution in [-0.4, -0.2) is 43.2 Å². The second kappa shape index (κ2) is 6.90. The highest BCUT2D eigenvalue weighted by atomic mass is 16.5. The van der Waals surface area contributed by atoms with Crippen molar-refractivity contribution in [3.05, 3.63) is 42.1 Å². The summed E-state index contributed by atoms with van der Waals surface area (Å²) in [7, 11) is 1.63. The molecule has 0 aromatic carbocycles. The molecule has 0 aliphatic heterocycles. The summed E-state index contributed by atoms with van der Waals surface area (Å²) in [5, 5.41) is 10.5. The third-order valence-corrected chi connectivity index (χ3v) is 3.92. The molecule has 134 valence electrons. The molecule has 0 unspecified atom stereocenters. The van der Waals surface area contributed by atoms with Gasteiger partial charge in [0, 0.05) is 30.9 Å². The van der Waals surface area contributed by atoms with Crippen molar-refractivity contribution in [1.29, 1.82) is 0 Å². The van der Waals surface area contributed by atoms with Crippen LogP contribution in [0.2, 0.25) is 0 Å². The van der Waals surface area contributed by atoms with Crippen LogP contribution in [0.1, 0.15) is 36.4 Å². The third-order valence-electron chi connectivity index (χ3n) is 3.92. The number of nitrogens with zero attached hydrogens (tertiary/aromatic N) is 6. The Labute approximate surface area is 148 Å². The molecule has 1 saturated carbocycles. The van der Waals surface area contributed by atoms with Crippen LogP contribution in [0.4, 0.5) is 4.79 Å². The molecule has 26 heavy (non-hydrogen) atoms. The van der Waals surface area contributed by atoms with E-state index in [0.717, 1.165) is 18.4 Å². The number of carbonyl (C=O) groups excluding carboxylic acids is 1. The minimum absolute atomic E-state index is 0.179. The Bertz CT molecular complexity index is 888. The minimum atomic E-state index is -0.302. The first-order valence-corrected chi connectivity index (χ1v) is 8.23. The SMILES string of the molecule is CN(Cc1nc(-c2cccnc2)no1)C(=O)NCc1noc(C2CC2)n1. The first-order valence-electron chi connectivity index (χ1n) is 8.23. The predicted molar refractivity (Wildman–Crippen MR) is 87.5 cm³/mol. The highest BCUT2D eigenvalue weighted by molar-refractivity contribution is 5.73. The predicted octanol–water partition coefficient (Wildman–Crippen LogP) is 1.73. The lowest BCUT2D eigenvalue weighted by Gasteiger charge is -2.14. The smallest absolute Gasteiger partial charge is 0.317 e. The lowest BCUT2D eigenvalue weighted by atomic mass is 10.3. The Morgan fingerprint density at radius 1 is 1.31 bits per heavy atom.